The Morgan fingerprint density at radius 2 is 2.06 bits per heavy atom. The molecule has 0 N–H and O–H groups in total. The molecule has 0 aliphatic heterocycles. The Bertz CT molecular complexity index is 388. The minimum Gasteiger partial charge on any atom is -0.371 e. The van der Waals surface area contributed by atoms with Crippen LogP contribution in [0.5, 0.6) is 0 Å². The Hall–Kier alpha value is -0.840. The van der Waals surface area contributed by atoms with Crippen LogP contribution in [0.1, 0.15) is 26.7 Å². The summed E-state index contributed by atoms with van der Waals surface area (Å²) in [5.41, 5.74) is 0.903. The number of hydrogen-bond donors (Lipinski definition) is 0. The van der Waals surface area contributed by atoms with Gasteiger partial charge < -0.3 is 4.90 Å². The smallest absolute Gasteiger partial charge is 0.268 e. The van der Waals surface area contributed by atoms with Crippen molar-refractivity contribution < 1.29 is 0 Å². The van der Waals surface area contributed by atoms with Gasteiger partial charge in [-0.3, -0.25) is 4.79 Å². The Balaban J connectivity index is 2.75. The molecule has 0 aliphatic carbocycles. The Morgan fingerprint density at radius 3 is 2.59 bits per heavy atom. The molecule has 0 atom stereocenters. The van der Waals surface area contributed by atoms with Crippen molar-refractivity contribution in [1.82, 2.24) is 9.78 Å². The van der Waals surface area contributed by atoms with E-state index in [1.807, 2.05) is 0 Å². The number of anilines is 1. The van der Waals surface area contributed by atoms with E-state index in [-0.39, 0.29) is 5.56 Å². The highest BCUT2D eigenvalue weighted by molar-refractivity contribution is 9.09. The molecule has 0 saturated heterocycles. The van der Waals surface area contributed by atoms with E-state index in [1.165, 1.54) is 4.68 Å². The second kappa shape index (κ2) is 7.48. The lowest BCUT2D eigenvalue weighted by molar-refractivity contribution is 0.544. The minimum absolute atomic E-state index is 0.0102. The molecule has 0 aliphatic rings. The first-order valence-electron chi connectivity index (χ1n) is 6.11. The van der Waals surface area contributed by atoms with Crippen molar-refractivity contribution in [2.45, 2.75) is 33.2 Å². The van der Waals surface area contributed by atoms with Gasteiger partial charge in [-0.2, -0.15) is 5.10 Å². The molecule has 0 aromatic carbocycles. The van der Waals surface area contributed by atoms with Crippen LogP contribution in [0.4, 0.5) is 5.69 Å². The molecule has 1 heterocycles. The Morgan fingerprint density at radius 1 is 1.35 bits per heavy atom. The summed E-state index contributed by atoms with van der Waals surface area (Å²) >= 11 is 3.38. The van der Waals surface area contributed by atoms with Crippen LogP contribution in [0.25, 0.3) is 0 Å². The molecule has 0 amide bonds. The van der Waals surface area contributed by atoms with Gasteiger partial charge in [-0.25, -0.2) is 4.68 Å². The van der Waals surface area contributed by atoms with E-state index in [4.69, 9.17) is 0 Å². The fourth-order valence-corrected chi connectivity index (χ4v) is 2.11. The number of hydrogen-bond acceptors (Lipinski definition) is 3. The quantitative estimate of drug-likeness (QED) is 0.573. The summed E-state index contributed by atoms with van der Waals surface area (Å²) in [6.07, 6.45) is 3.82. The van der Waals surface area contributed by atoms with Gasteiger partial charge in [-0.05, 0) is 26.7 Å². The van der Waals surface area contributed by atoms with Crippen molar-refractivity contribution in [2.24, 2.45) is 0 Å². The van der Waals surface area contributed by atoms with Gasteiger partial charge >= 0.3 is 0 Å². The second-order valence-corrected chi connectivity index (χ2v) is 4.64. The maximum atomic E-state index is 11.8. The van der Waals surface area contributed by atoms with Gasteiger partial charge in [0.25, 0.3) is 5.56 Å². The zero-order valence-corrected chi connectivity index (χ0v) is 12.1. The zero-order valence-electron chi connectivity index (χ0n) is 10.5. The molecular formula is C12H20BrN3O. The first-order valence-corrected chi connectivity index (χ1v) is 7.23. The van der Waals surface area contributed by atoms with Gasteiger partial charge in [0.2, 0.25) is 0 Å². The van der Waals surface area contributed by atoms with E-state index in [0.717, 1.165) is 36.9 Å². The molecule has 0 saturated carbocycles. The molecule has 5 heteroatoms. The van der Waals surface area contributed by atoms with E-state index in [2.05, 4.69) is 39.8 Å². The molecule has 0 bridgehead atoms. The summed E-state index contributed by atoms with van der Waals surface area (Å²) in [5, 5.41) is 5.19. The third-order valence-corrected chi connectivity index (χ3v) is 3.30. The topological polar surface area (TPSA) is 38.1 Å². The van der Waals surface area contributed by atoms with Gasteiger partial charge in [0.05, 0.1) is 11.9 Å². The van der Waals surface area contributed by atoms with E-state index in [0.29, 0.717) is 6.54 Å². The molecule has 1 aromatic heterocycles. The number of aromatic nitrogens is 2. The first kappa shape index (κ1) is 14.2. The van der Waals surface area contributed by atoms with Crippen LogP contribution in [0.3, 0.4) is 0 Å². The number of rotatable bonds is 7. The lowest BCUT2D eigenvalue weighted by Crippen LogP contribution is -2.27. The normalized spacial score (nSPS) is 10.5. The van der Waals surface area contributed by atoms with E-state index in [9.17, 15) is 4.79 Å². The van der Waals surface area contributed by atoms with Crippen LogP contribution in [0.15, 0.2) is 17.1 Å². The maximum absolute atomic E-state index is 11.8. The van der Waals surface area contributed by atoms with Gasteiger partial charge in [-0.1, -0.05) is 15.9 Å². The van der Waals surface area contributed by atoms with Gasteiger partial charge in [0, 0.05) is 31.0 Å². The largest absolute Gasteiger partial charge is 0.371 e. The van der Waals surface area contributed by atoms with Crippen LogP contribution in [-0.4, -0.2) is 28.2 Å². The van der Waals surface area contributed by atoms with Crippen molar-refractivity contribution in [2.75, 3.05) is 23.3 Å². The van der Waals surface area contributed by atoms with Crippen LogP contribution in [0.2, 0.25) is 0 Å². The predicted octanol–water partition coefficient (Wildman–Crippen LogP) is 2.26. The van der Waals surface area contributed by atoms with Crippen molar-refractivity contribution in [3.8, 4) is 0 Å². The molecule has 0 unspecified atom stereocenters. The summed E-state index contributed by atoms with van der Waals surface area (Å²) in [6, 6.07) is 1.67. The summed E-state index contributed by atoms with van der Waals surface area (Å²) in [5.74, 6) is 0. The molecule has 0 fully saturated rings. The fourth-order valence-electron chi connectivity index (χ4n) is 1.71. The van der Waals surface area contributed by atoms with E-state index in [1.54, 1.807) is 12.3 Å². The standard InChI is InChI=1S/C12H20BrN3O/c1-3-15(4-2)11-9-12(17)16(14-10-11)8-6-5-7-13/h9-10H,3-8H2,1-2H3. The molecule has 17 heavy (non-hydrogen) atoms. The monoisotopic (exact) mass is 301 g/mol. The summed E-state index contributed by atoms with van der Waals surface area (Å²) in [6.45, 7) is 6.63. The van der Waals surface area contributed by atoms with Crippen molar-refractivity contribution in [3.63, 3.8) is 0 Å². The Labute approximate surface area is 111 Å². The highest BCUT2D eigenvalue weighted by Crippen LogP contribution is 2.08. The minimum atomic E-state index is -0.0102. The molecule has 1 rings (SSSR count). The highest BCUT2D eigenvalue weighted by atomic mass is 79.9. The third-order valence-electron chi connectivity index (χ3n) is 2.74. The number of aryl methyl sites for hydroxylation is 1. The van der Waals surface area contributed by atoms with Gasteiger partial charge in [0.15, 0.2) is 0 Å². The molecule has 1 aromatic rings. The molecular weight excluding hydrogens is 282 g/mol. The SMILES string of the molecule is CCN(CC)c1cnn(CCCCBr)c(=O)c1. The number of nitrogens with zero attached hydrogens (tertiary/aromatic N) is 3. The number of unbranched alkanes of at least 4 members (excludes halogenated alkanes) is 1. The summed E-state index contributed by atoms with van der Waals surface area (Å²) < 4.78 is 1.54. The zero-order chi connectivity index (χ0) is 12.7. The lowest BCUT2D eigenvalue weighted by Gasteiger charge is -2.20. The number of alkyl halides is 1. The number of halogens is 1. The average molecular weight is 302 g/mol. The van der Waals surface area contributed by atoms with Crippen LogP contribution < -0.4 is 10.5 Å². The summed E-state index contributed by atoms with van der Waals surface area (Å²) in [4.78, 5) is 14.0. The van der Waals surface area contributed by atoms with Crippen LogP contribution in [0, 0.1) is 0 Å². The molecule has 96 valence electrons. The van der Waals surface area contributed by atoms with Crippen molar-refractivity contribution in [3.05, 3.63) is 22.6 Å². The lowest BCUT2D eigenvalue weighted by atomic mass is 10.3. The van der Waals surface area contributed by atoms with Gasteiger partial charge in [-0.15, -0.1) is 0 Å². The van der Waals surface area contributed by atoms with E-state index >= 15 is 0 Å². The van der Waals surface area contributed by atoms with E-state index < -0.39 is 0 Å². The molecule has 0 spiro atoms. The van der Waals surface area contributed by atoms with Crippen molar-refractivity contribution >= 4 is 21.6 Å². The molecule has 0 radical (unpaired) electrons. The van der Waals surface area contributed by atoms with Crippen molar-refractivity contribution in [1.29, 1.82) is 0 Å². The third kappa shape index (κ3) is 4.15. The van der Waals surface area contributed by atoms with Crippen LogP contribution in [-0.2, 0) is 6.54 Å². The first-order chi connectivity index (χ1) is 8.22. The highest BCUT2D eigenvalue weighted by Gasteiger charge is 2.04. The predicted molar refractivity (Wildman–Crippen MR) is 75.1 cm³/mol. The average Bonchev–Trinajstić information content (AvgIpc) is 2.33. The summed E-state index contributed by atoms with van der Waals surface area (Å²) in [7, 11) is 0. The molecule has 4 nitrogen and oxygen atoms in total. The van der Waals surface area contributed by atoms with Crippen LogP contribution >= 0.6 is 15.9 Å². The fraction of sp³-hybridized carbons (Fsp3) is 0.667. The Kier molecular flexibility index (Phi) is 6.26. The maximum Gasteiger partial charge on any atom is 0.268 e. The second-order valence-electron chi connectivity index (χ2n) is 3.84. The van der Waals surface area contributed by atoms with Gasteiger partial charge in [0.1, 0.15) is 0 Å².